The zero-order valence-corrected chi connectivity index (χ0v) is 11.8. The standard InChI is InChI=1S/C12H14N2S.2ClH/c1-2-11(14-7-5-13-6-8-14)10-4-9-15-12(10)3-1;;/h1-4,9,13H,5-8H2;2*1H. The normalized spacial score (nSPS) is 15.2. The van der Waals surface area contributed by atoms with Gasteiger partial charge in [0.25, 0.3) is 0 Å². The Bertz CT molecular complexity index is 466. The molecule has 2 heterocycles. The van der Waals surface area contributed by atoms with E-state index in [2.05, 4.69) is 39.9 Å². The van der Waals surface area contributed by atoms with Crippen molar-refractivity contribution >= 4 is 51.9 Å². The van der Waals surface area contributed by atoms with Gasteiger partial charge in [-0.3, -0.25) is 0 Å². The molecule has 17 heavy (non-hydrogen) atoms. The van der Waals surface area contributed by atoms with Crippen LogP contribution in [0.1, 0.15) is 0 Å². The van der Waals surface area contributed by atoms with E-state index in [0.717, 1.165) is 26.2 Å². The Morgan fingerprint density at radius 1 is 1.06 bits per heavy atom. The lowest BCUT2D eigenvalue weighted by atomic mass is 10.2. The van der Waals surface area contributed by atoms with Gasteiger partial charge in [0.15, 0.2) is 0 Å². The van der Waals surface area contributed by atoms with Crippen molar-refractivity contribution in [2.75, 3.05) is 31.1 Å². The number of halogens is 2. The molecule has 1 fully saturated rings. The maximum Gasteiger partial charge on any atom is 0.0455 e. The van der Waals surface area contributed by atoms with Crippen LogP contribution in [0.25, 0.3) is 10.1 Å². The Labute approximate surface area is 118 Å². The fourth-order valence-electron chi connectivity index (χ4n) is 2.16. The van der Waals surface area contributed by atoms with Crippen LogP contribution in [0.3, 0.4) is 0 Å². The quantitative estimate of drug-likeness (QED) is 0.868. The lowest BCUT2D eigenvalue weighted by molar-refractivity contribution is 0.590. The van der Waals surface area contributed by atoms with E-state index >= 15 is 0 Å². The molecule has 1 N–H and O–H groups in total. The van der Waals surface area contributed by atoms with Gasteiger partial charge in [0.1, 0.15) is 0 Å². The molecule has 0 bridgehead atoms. The van der Waals surface area contributed by atoms with Crippen molar-refractivity contribution in [3.05, 3.63) is 29.6 Å². The maximum absolute atomic E-state index is 3.39. The Morgan fingerprint density at radius 3 is 2.59 bits per heavy atom. The van der Waals surface area contributed by atoms with Crippen LogP contribution in [0.15, 0.2) is 29.6 Å². The average Bonchev–Trinajstić information content (AvgIpc) is 2.78. The summed E-state index contributed by atoms with van der Waals surface area (Å²) in [4.78, 5) is 2.48. The van der Waals surface area contributed by atoms with Crippen LogP contribution in [0, 0.1) is 0 Å². The molecule has 1 saturated heterocycles. The average molecular weight is 291 g/mol. The summed E-state index contributed by atoms with van der Waals surface area (Å²) in [6.07, 6.45) is 0. The third-order valence-electron chi connectivity index (χ3n) is 2.93. The second kappa shape index (κ2) is 6.45. The van der Waals surface area contributed by atoms with Gasteiger partial charge in [0.05, 0.1) is 0 Å². The van der Waals surface area contributed by atoms with Crippen LogP contribution in [0.5, 0.6) is 0 Å². The van der Waals surface area contributed by atoms with Crippen molar-refractivity contribution in [1.82, 2.24) is 5.32 Å². The second-order valence-electron chi connectivity index (χ2n) is 3.85. The number of anilines is 1. The molecule has 0 amide bonds. The smallest absolute Gasteiger partial charge is 0.0455 e. The van der Waals surface area contributed by atoms with Crippen molar-refractivity contribution in [1.29, 1.82) is 0 Å². The van der Waals surface area contributed by atoms with Crippen LogP contribution in [-0.2, 0) is 0 Å². The minimum Gasteiger partial charge on any atom is -0.368 e. The molecular formula is C12H16Cl2N2S. The molecule has 0 saturated carbocycles. The molecule has 1 aliphatic rings. The molecule has 0 spiro atoms. The summed E-state index contributed by atoms with van der Waals surface area (Å²) < 4.78 is 1.39. The third kappa shape index (κ3) is 2.86. The molecule has 0 unspecified atom stereocenters. The van der Waals surface area contributed by atoms with Gasteiger partial charge in [-0.25, -0.2) is 0 Å². The Balaban J connectivity index is 0.000000722. The fourth-order valence-corrected chi connectivity index (χ4v) is 2.97. The fraction of sp³-hybridized carbons (Fsp3) is 0.333. The molecule has 1 aliphatic heterocycles. The van der Waals surface area contributed by atoms with Crippen LogP contribution < -0.4 is 10.2 Å². The predicted molar refractivity (Wildman–Crippen MR) is 81.4 cm³/mol. The molecule has 2 aromatic rings. The molecule has 94 valence electrons. The van der Waals surface area contributed by atoms with Gasteiger partial charge in [-0.05, 0) is 23.6 Å². The molecule has 5 heteroatoms. The lowest BCUT2D eigenvalue weighted by Gasteiger charge is -2.30. The van der Waals surface area contributed by atoms with Crippen molar-refractivity contribution in [3.8, 4) is 0 Å². The van der Waals surface area contributed by atoms with E-state index in [1.165, 1.54) is 15.8 Å². The van der Waals surface area contributed by atoms with Crippen LogP contribution in [-0.4, -0.2) is 26.2 Å². The van der Waals surface area contributed by atoms with E-state index in [1.807, 2.05) is 11.3 Å². The summed E-state index contributed by atoms with van der Waals surface area (Å²) in [5, 5.41) is 6.97. The summed E-state index contributed by atoms with van der Waals surface area (Å²) in [7, 11) is 0. The van der Waals surface area contributed by atoms with Gasteiger partial charge in [-0.2, -0.15) is 0 Å². The zero-order chi connectivity index (χ0) is 10.1. The van der Waals surface area contributed by atoms with Crippen molar-refractivity contribution in [2.24, 2.45) is 0 Å². The van der Waals surface area contributed by atoms with E-state index in [4.69, 9.17) is 0 Å². The summed E-state index contributed by atoms with van der Waals surface area (Å²) >= 11 is 1.82. The summed E-state index contributed by atoms with van der Waals surface area (Å²) in [6, 6.07) is 8.83. The molecule has 0 radical (unpaired) electrons. The van der Waals surface area contributed by atoms with Crippen molar-refractivity contribution in [3.63, 3.8) is 0 Å². The van der Waals surface area contributed by atoms with Crippen LogP contribution >= 0.6 is 36.2 Å². The SMILES string of the molecule is Cl.Cl.c1cc(N2CCNCC2)c2ccsc2c1. The highest BCUT2D eigenvalue weighted by Crippen LogP contribution is 2.30. The predicted octanol–water partition coefficient (Wildman–Crippen LogP) is 3.15. The van der Waals surface area contributed by atoms with E-state index < -0.39 is 0 Å². The lowest BCUT2D eigenvalue weighted by Crippen LogP contribution is -2.43. The van der Waals surface area contributed by atoms with Gasteiger partial charge in [0.2, 0.25) is 0 Å². The molecule has 0 atom stereocenters. The number of hydrogen-bond donors (Lipinski definition) is 1. The Morgan fingerprint density at radius 2 is 1.82 bits per heavy atom. The van der Waals surface area contributed by atoms with Gasteiger partial charge < -0.3 is 10.2 Å². The first-order valence-corrected chi connectivity index (χ1v) is 6.25. The van der Waals surface area contributed by atoms with Crippen molar-refractivity contribution in [2.45, 2.75) is 0 Å². The number of nitrogens with one attached hydrogen (secondary N) is 1. The first kappa shape index (κ1) is 14.6. The molecule has 1 aromatic carbocycles. The number of piperazine rings is 1. The molecule has 1 aromatic heterocycles. The number of fused-ring (bicyclic) bond motifs is 1. The minimum absolute atomic E-state index is 0. The number of thiophene rings is 1. The molecule has 0 aliphatic carbocycles. The molecular weight excluding hydrogens is 275 g/mol. The summed E-state index contributed by atoms with van der Waals surface area (Å²) in [5.41, 5.74) is 1.40. The van der Waals surface area contributed by atoms with Gasteiger partial charge in [0, 0.05) is 42.0 Å². The van der Waals surface area contributed by atoms with Crippen LogP contribution in [0.4, 0.5) is 5.69 Å². The highest BCUT2D eigenvalue weighted by atomic mass is 35.5. The van der Waals surface area contributed by atoms with E-state index in [1.54, 1.807) is 0 Å². The number of rotatable bonds is 1. The molecule has 3 rings (SSSR count). The highest BCUT2D eigenvalue weighted by molar-refractivity contribution is 7.17. The summed E-state index contributed by atoms with van der Waals surface area (Å²) in [6.45, 7) is 4.44. The third-order valence-corrected chi connectivity index (χ3v) is 3.81. The highest BCUT2D eigenvalue weighted by Gasteiger charge is 2.12. The Hall–Kier alpha value is -0.480. The number of hydrogen-bond acceptors (Lipinski definition) is 3. The largest absolute Gasteiger partial charge is 0.368 e. The van der Waals surface area contributed by atoms with Gasteiger partial charge in [-0.1, -0.05) is 6.07 Å². The van der Waals surface area contributed by atoms with Gasteiger partial charge in [-0.15, -0.1) is 36.2 Å². The van der Waals surface area contributed by atoms with E-state index in [-0.39, 0.29) is 24.8 Å². The maximum atomic E-state index is 3.39. The minimum atomic E-state index is 0. The second-order valence-corrected chi connectivity index (χ2v) is 4.79. The number of nitrogens with zero attached hydrogens (tertiary/aromatic N) is 1. The monoisotopic (exact) mass is 290 g/mol. The van der Waals surface area contributed by atoms with Crippen LogP contribution in [0.2, 0.25) is 0 Å². The van der Waals surface area contributed by atoms with Crippen molar-refractivity contribution < 1.29 is 0 Å². The zero-order valence-electron chi connectivity index (χ0n) is 9.39. The van der Waals surface area contributed by atoms with Gasteiger partial charge >= 0.3 is 0 Å². The Kier molecular flexibility index (Phi) is 5.53. The first-order valence-electron chi connectivity index (χ1n) is 5.37. The summed E-state index contributed by atoms with van der Waals surface area (Å²) in [5.74, 6) is 0. The first-order chi connectivity index (χ1) is 7.45. The molecule has 2 nitrogen and oxygen atoms in total. The van der Waals surface area contributed by atoms with E-state index in [0.29, 0.717) is 0 Å². The topological polar surface area (TPSA) is 15.3 Å². The number of benzene rings is 1. The van der Waals surface area contributed by atoms with E-state index in [9.17, 15) is 0 Å².